The largest absolute Gasteiger partial charge is 0.255 e. The summed E-state index contributed by atoms with van der Waals surface area (Å²) in [7, 11) is 0. The molecule has 186 valence electrons. The molecule has 0 N–H and O–H groups in total. The van der Waals surface area contributed by atoms with E-state index in [1.54, 1.807) is 0 Å². The molecular formula is C36H22N4. The van der Waals surface area contributed by atoms with Crippen LogP contribution in [-0.2, 0) is 0 Å². The highest BCUT2D eigenvalue weighted by Crippen LogP contribution is 2.34. The van der Waals surface area contributed by atoms with Crippen LogP contribution >= 0.6 is 0 Å². The summed E-state index contributed by atoms with van der Waals surface area (Å²) < 4.78 is 0. The molecule has 40 heavy (non-hydrogen) atoms. The van der Waals surface area contributed by atoms with Crippen LogP contribution in [0.3, 0.4) is 0 Å². The smallest absolute Gasteiger partial charge is 0.166 e. The van der Waals surface area contributed by atoms with Crippen LogP contribution in [0.2, 0.25) is 0 Å². The van der Waals surface area contributed by atoms with Gasteiger partial charge in [-0.2, -0.15) is 0 Å². The fraction of sp³-hybridized carbons (Fsp3) is 0. The maximum atomic E-state index is 5.02. The Balaban J connectivity index is 1.38. The molecule has 0 bridgehead atoms. The maximum absolute atomic E-state index is 5.02. The molecule has 0 radical (unpaired) electrons. The summed E-state index contributed by atoms with van der Waals surface area (Å²) in [5.74, 6) is 1.88. The molecule has 0 aliphatic heterocycles. The van der Waals surface area contributed by atoms with Crippen LogP contribution in [0.25, 0.3) is 77.4 Å². The highest BCUT2D eigenvalue weighted by molar-refractivity contribution is 6.17. The average molecular weight is 511 g/mol. The molecule has 2 aromatic heterocycles. The molecule has 8 rings (SSSR count). The van der Waals surface area contributed by atoms with E-state index in [9.17, 15) is 0 Å². The van der Waals surface area contributed by atoms with Gasteiger partial charge in [-0.25, -0.2) is 15.0 Å². The zero-order valence-electron chi connectivity index (χ0n) is 21.5. The van der Waals surface area contributed by atoms with E-state index in [4.69, 9.17) is 15.0 Å². The zero-order valence-corrected chi connectivity index (χ0v) is 21.5. The molecule has 0 aliphatic rings. The molecule has 0 atom stereocenters. The van der Waals surface area contributed by atoms with Crippen LogP contribution in [0.4, 0.5) is 0 Å². The topological polar surface area (TPSA) is 51.6 Å². The van der Waals surface area contributed by atoms with Crippen molar-refractivity contribution in [2.45, 2.75) is 0 Å². The molecule has 2 heterocycles. The van der Waals surface area contributed by atoms with Gasteiger partial charge in [0.15, 0.2) is 17.5 Å². The van der Waals surface area contributed by atoms with Gasteiger partial charge < -0.3 is 0 Å². The molecule has 0 saturated carbocycles. The van der Waals surface area contributed by atoms with E-state index in [-0.39, 0.29) is 0 Å². The van der Waals surface area contributed by atoms with E-state index in [2.05, 4.69) is 83.8 Å². The third kappa shape index (κ3) is 3.69. The second-order valence-corrected chi connectivity index (χ2v) is 9.94. The van der Waals surface area contributed by atoms with E-state index in [1.807, 2.05) is 54.7 Å². The van der Waals surface area contributed by atoms with Crippen LogP contribution in [0, 0.1) is 0 Å². The second kappa shape index (κ2) is 9.07. The lowest BCUT2D eigenvalue weighted by Crippen LogP contribution is -2.01. The number of benzene rings is 6. The number of fused-ring (bicyclic) bond motifs is 6. The lowest BCUT2D eigenvalue weighted by Gasteiger charge is -2.11. The Morgan fingerprint density at radius 3 is 1.90 bits per heavy atom. The first-order valence-electron chi connectivity index (χ1n) is 13.3. The minimum atomic E-state index is 0.608. The fourth-order valence-corrected chi connectivity index (χ4v) is 5.58. The molecule has 0 aliphatic carbocycles. The second-order valence-electron chi connectivity index (χ2n) is 9.94. The van der Waals surface area contributed by atoms with Crippen molar-refractivity contribution < 1.29 is 0 Å². The molecular weight excluding hydrogens is 488 g/mol. The molecule has 0 fully saturated rings. The first kappa shape index (κ1) is 22.5. The van der Waals surface area contributed by atoms with Gasteiger partial charge in [0.2, 0.25) is 0 Å². The summed E-state index contributed by atoms with van der Waals surface area (Å²) >= 11 is 0. The highest BCUT2D eigenvalue weighted by atomic mass is 15.0. The first-order valence-corrected chi connectivity index (χ1v) is 13.3. The summed E-state index contributed by atoms with van der Waals surface area (Å²) in [6.07, 6.45) is 1.81. The van der Waals surface area contributed by atoms with Crippen molar-refractivity contribution in [1.82, 2.24) is 19.9 Å². The van der Waals surface area contributed by atoms with Crippen molar-refractivity contribution in [3.63, 3.8) is 0 Å². The van der Waals surface area contributed by atoms with Gasteiger partial charge in [-0.3, -0.25) is 4.98 Å². The molecule has 0 spiro atoms. The van der Waals surface area contributed by atoms with E-state index in [0.717, 1.165) is 27.6 Å². The van der Waals surface area contributed by atoms with Crippen molar-refractivity contribution in [2.75, 3.05) is 0 Å². The summed E-state index contributed by atoms with van der Waals surface area (Å²) in [6.45, 7) is 0. The van der Waals surface area contributed by atoms with Gasteiger partial charge in [0.25, 0.3) is 0 Å². The quantitative estimate of drug-likeness (QED) is 0.223. The SMILES string of the molecule is c1ccc(-c2nc(-c3ccc4ccc5c6ccccc6ccc5c4c3)nc(-c3cccc4cccnc34)n2)cc1. The Morgan fingerprint density at radius 1 is 0.375 bits per heavy atom. The summed E-state index contributed by atoms with van der Waals surface area (Å²) in [6, 6.07) is 44.0. The summed E-state index contributed by atoms with van der Waals surface area (Å²) in [5.41, 5.74) is 3.65. The normalized spacial score (nSPS) is 11.5. The third-order valence-electron chi connectivity index (χ3n) is 7.54. The van der Waals surface area contributed by atoms with Crippen molar-refractivity contribution in [2.24, 2.45) is 0 Å². The van der Waals surface area contributed by atoms with Gasteiger partial charge in [-0.1, -0.05) is 109 Å². The van der Waals surface area contributed by atoms with Crippen LogP contribution in [0.1, 0.15) is 0 Å². The number of rotatable bonds is 3. The molecule has 8 aromatic rings. The minimum absolute atomic E-state index is 0.608. The number of para-hydroxylation sites is 1. The summed E-state index contributed by atoms with van der Waals surface area (Å²) in [4.78, 5) is 19.6. The number of nitrogens with zero attached hydrogens (tertiary/aromatic N) is 4. The maximum Gasteiger partial charge on any atom is 0.166 e. The van der Waals surface area contributed by atoms with Crippen LogP contribution in [-0.4, -0.2) is 19.9 Å². The number of aromatic nitrogens is 4. The standard InChI is InChI=1S/C36H22N4/c1-2-9-26(10-3-1)34-38-35(40-36(39-34)31-14-6-11-25-12-7-21-37-33(25)31)27-16-15-24-18-19-29-28-13-5-4-8-23(28)17-20-30(29)32(24)22-27/h1-22H. The van der Waals surface area contributed by atoms with Crippen molar-refractivity contribution >= 4 is 43.2 Å². The van der Waals surface area contributed by atoms with E-state index < -0.39 is 0 Å². The molecule has 4 nitrogen and oxygen atoms in total. The van der Waals surface area contributed by atoms with Gasteiger partial charge in [0.1, 0.15) is 0 Å². The lowest BCUT2D eigenvalue weighted by atomic mass is 9.96. The van der Waals surface area contributed by atoms with Gasteiger partial charge in [0.05, 0.1) is 5.52 Å². The van der Waals surface area contributed by atoms with E-state index in [0.29, 0.717) is 17.5 Å². The van der Waals surface area contributed by atoms with Crippen molar-refractivity contribution in [1.29, 1.82) is 0 Å². The molecule has 6 aromatic carbocycles. The summed E-state index contributed by atoms with van der Waals surface area (Å²) in [5, 5.41) is 8.36. The Morgan fingerprint density at radius 2 is 1.02 bits per heavy atom. The Labute approximate surface area is 230 Å². The van der Waals surface area contributed by atoms with E-state index in [1.165, 1.54) is 32.3 Å². The first-order chi connectivity index (χ1) is 19.8. The lowest BCUT2D eigenvalue weighted by molar-refractivity contribution is 1.08. The zero-order chi connectivity index (χ0) is 26.5. The van der Waals surface area contributed by atoms with Crippen LogP contribution < -0.4 is 0 Å². The van der Waals surface area contributed by atoms with Crippen molar-refractivity contribution in [3.8, 4) is 34.2 Å². The predicted molar refractivity (Wildman–Crippen MR) is 164 cm³/mol. The molecule has 0 amide bonds. The van der Waals surface area contributed by atoms with Gasteiger partial charge in [-0.15, -0.1) is 0 Å². The number of pyridine rings is 1. The predicted octanol–water partition coefficient (Wildman–Crippen LogP) is 8.88. The van der Waals surface area contributed by atoms with Gasteiger partial charge in [0, 0.05) is 28.3 Å². The average Bonchev–Trinajstić information content (AvgIpc) is 3.04. The van der Waals surface area contributed by atoms with Gasteiger partial charge in [-0.05, 0) is 50.5 Å². The molecule has 0 unspecified atom stereocenters. The van der Waals surface area contributed by atoms with Crippen LogP contribution in [0.5, 0.6) is 0 Å². The van der Waals surface area contributed by atoms with E-state index >= 15 is 0 Å². The third-order valence-corrected chi connectivity index (χ3v) is 7.54. The van der Waals surface area contributed by atoms with Gasteiger partial charge >= 0.3 is 0 Å². The van der Waals surface area contributed by atoms with Crippen molar-refractivity contribution in [3.05, 3.63) is 134 Å². The van der Waals surface area contributed by atoms with Crippen LogP contribution in [0.15, 0.2) is 134 Å². The minimum Gasteiger partial charge on any atom is -0.255 e. The monoisotopic (exact) mass is 510 g/mol. The Bertz CT molecular complexity index is 2220. The highest BCUT2D eigenvalue weighted by Gasteiger charge is 2.15. The fourth-order valence-electron chi connectivity index (χ4n) is 5.58. The Hall–Kier alpha value is -5.48. The molecule has 4 heteroatoms. The number of hydrogen-bond acceptors (Lipinski definition) is 4. The Kier molecular flexibility index (Phi) is 5.10. The number of hydrogen-bond donors (Lipinski definition) is 0. The molecule has 0 saturated heterocycles.